The molecule has 2 aromatic rings. The summed E-state index contributed by atoms with van der Waals surface area (Å²) in [6, 6.07) is 13.9. The van der Waals surface area contributed by atoms with Crippen LogP contribution in [0.25, 0.3) is 0 Å². The Morgan fingerprint density at radius 2 is 1.90 bits per heavy atom. The van der Waals surface area contributed by atoms with Crippen LogP contribution in [0.3, 0.4) is 0 Å². The van der Waals surface area contributed by atoms with Crippen LogP contribution < -0.4 is 20.5 Å². The van der Waals surface area contributed by atoms with Gasteiger partial charge in [-0.3, -0.25) is 9.89 Å². The highest BCUT2D eigenvalue weighted by atomic mass is 127. The number of hydrogen-bond acceptors (Lipinski definition) is 5. The molecule has 0 bridgehead atoms. The van der Waals surface area contributed by atoms with E-state index < -0.39 is 6.10 Å². The Kier molecular flexibility index (Phi) is 8.99. The molecule has 1 unspecified atom stereocenters. The van der Waals surface area contributed by atoms with Gasteiger partial charge in [-0.1, -0.05) is 24.3 Å². The Labute approximate surface area is 188 Å². The molecule has 0 saturated heterocycles. The molecule has 1 aliphatic rings. The summed E-state index contributed by atoms with van der Waals surface area (Å²) in [5, 5.41) is 13.4. The molecule has 8 heteroatoms. The lowest BCUT2D eigenvalue weighted by Crippen LogP contribution is -2.38. The lowest BCUT2D eigenvalue weighted by Gasteiger charge is -2.30. The molecular formula is C21H29IN4O3. The van der Waals surface area contributed by atoms with Crippen molar-refractivity contribution in [3.8, 4) is 11.5 Å². The van der Waals surface area contributed by atoms with E-state index in [-0.39, 0.29) is 36.5 Å². The minimum absolute atomic E-state index is 0. The highest BCUT2D eigenvalue weighted by Gasteiger charge is 2.18. The van der Waals surface area contributed by atoms with E-state index in [2.05, 4.69) is 39.5 Å². The van der Waals surface area contributed by atoms with Gasteiger partial charge in [0.2, 0.25) is 0 Å². The predicted molar refractivity (Wildman–Crippen MR) is 127 cm³/mol. The van der Waals surface area contributed by atoms with E-state index in [4.69, 9.17) is 15.2 Å². The molecule has 0 aromatic heterocycles. The Bertz CT molecular complexity index is 831. The third-order valence-electron chi connectivity index (χ3n) is 4.81. The zero-order valence-electron chi connectivity index (χ0n) is 16.8. The zero-order chi connectivity index (χ0) is 19.9. The molecule has 2 aromatic carbocycles. The smallest absolute Gasteiger partial charge is 0.193 e. The minimum atomic E-state index is -0.573. The summed E-state index contributed by atoms with van der Waals surface area (Å²) < 4.78 is 10.5. The van der Waals surface area contributed by atoms with Gasteiger partial charge in [0.05, 0.1) is 26.9 Å². The molecule has 1 aliphatic heterocycles. The molecular weight excluding hydrogens is 483 g/mol. The van der Waals surface area contributed by atoms with E-state index in [0.717, 1.165) is 25.2 Å². The zero-order valence-corrected chi connectivity index (χ0v) is 19.1. The molecule has 0 saturated carbocycles. The van der Waals surface area contributed by atoms with Crippen molar-refractivity contribution in [3.05, 3.63) is 53.6 Å². The summed E-state index contributed by atoms with van der Waals surface area (Å²) in [5.41, 5.74) is 9.42. The van der Waals surface area contributed by atoms with Gasteiger partial charge in [-0.05, 0) is 29.7 Å². The summed E-state index contributed by atoms with van der Waals surface area (Å²) in [6.07, 6.45) is 0.436. The normalized spacial score (nSPS) is 15.1. The number of aliphatic hydroxyl groups is 1. The molecule has 158 valence electrons. The second-order valence-corrected chi connectivity index (χ2v) is 6.83. The van der Waals surface area contributed by atoms with E-state index in [0.29, 0.717) is 18.0 Å². The second-order valence-electron chi connectivity index (χ2n) is 6.83. The molecule has 0 aliphatic carbocycles. The van der Waals surface area contributed by atoms with Crippen LogP contribution in [0.2, 0.25) is 0 Å². The number of guanidine groups is 1. The molecule has 7 nitrogen and oxygen atoms in total. The predicted octanol–water partition coefficient (Wildman–Crippen LogP) is 2.47. The molecule has 4 N–H and O–H groups in total. The van der Waals surface area contributed by atoms with Gasteiger partial charge in [-0.25, -0.2) is 0 Å². The van der Waals surface area contributed by atoms with E-state index >= 15 is 0 Å². The van der Waals surface area contributed by atoms with Gasteiger partial charge < -0.3 is 25.6 Å². The van der Waals surface area contributed by atoms with Crippen LogP contribution in [0.1, 0.15) is 11.1 Å². The number of anilines is 1. The molecule has 1 heterocycles. The van der Waals surface area contributed by atoms with Gasteiger partial charge in [0.15, 0.2) is 17.5 Å². The first-order valence-corrected chi connectivity index (χ1v) is 9.35. The number of rotatable bonds is 7. The van der Waals surface area contributed by atoms with Crippen molar-refractivity contribution in [2.75, 3.05) is 39.2 Å². The topological polar surface area (TPSA) is 92.3 Å². The molecule has 29 heavy (non-hydrogen) atoms. The van der Waals surface area contributed by atoms with Crippen molar-refractivity contribution in [2.24, 2.45) is 10.7 Å². The highest BCUT2D eigenvalue weighted by Crippen LogP contribution is 2.29. The standard InChI is InChI=1S/C21H28N4O3.HI/c1-27-19-8-7-17(11-20(19)28-2)24-21(22)23-12-18(26)14-25-10-9-15-5-3-4-6-16(15)13-25;/h3-8,11,18,26H,9-10,12-14H2,1-2H3,(H3,22,23,24);1H. The van der Waals surface area contributed by atoms with Crippen LogP contribution >= 0.6 is 24.0 Å². The largest absolute Gasteiger partial charge is 0.493 e. The van der Waals surface area contributed by atoms with Crippen molar-refractivity contribution in [3.63, 3.8) is 0 Å². The molecule has 0 amide bonds. The van der Waals surface area contributed by atoms with Gasteiger partial charge in [-0.15, -0.1) is 24.0 Å². The van der Waals surface area contributed by atoms with Crippen molar-refractivity contribution in [2.45, 2.75) is 19.1 Å². The number of hydrogen-bond donors (Lipinski definition) is 3. The van der Waals surface area contributed by atoms with Crippen LogP contribution in [0, 0.1) is 0 Å². The average Bonchev–Trinajstić information content (AvgIpc) is 2.72. The SMILES string of the molecule is COc1ccc(NC(N)=NCC(O)CN2CCc3ccccc3C2)cc1OC.I. The fraction of sp³-hybridized carbons (Fsp3) is 0.381. The number of ether oxygens (including phenoxy) is 2. The van der Waals surface area contributed by atoms with Gasteiger partial charge in [0.1, 0.15) is 0 Å². The van der Waals surface area contributed by atoms with Gasteiger partial charge in [0, 0.05) is 31.4 Å². The maximum atomic E-state index is 10.3. The number of fused-ring (bicyclic) bond motifs is 1. The quantitative estimate of drug-likeness (QED) is 0.300. The number of nitrogens with two attached hydrogens (primary N) is 1. The first-order chi connectivity index (χ1) is 13.6. The monoisotopic (exact) mass is 512 g/mol. The number of halogens is 1. The molecule has 1 atom stereocenters. The molecule has 3 rings (SSSR count). The highest BCUT2D eigenvalue weighted by molar-refractivity contribution is 14.0. The summed E-state index contributed by atoms with van der Waals surface area (Å²) in [7, 11) is 3.16. The maximum Gasteiger partial charge on any atom is 0.193 e. The van der Waals surface area contributed by atoms with E-state index in [9.17, 15) is 5.11 Å². The van der Waals surface area contributed by atoms with Crippen molar-refractivity contribution < 1.29 is 14.6 Å². The number of benzene rings is 2. The Balaban J connectivity index is 0.00000300. The fourth-order valence-electron chi connectivity index (χ4n) is 3.37. The molecule has 0 fully saturated rings. The second kappa shape index (κ2) is 11.2. The number of methoxy groups -OCH3 is 2. The van der Waals surface area contributed by atoms with Gasteiger partial charge >= 0.3 is 0 Å². The first kappa shape index (κ1) is 23.2. The van der Waals surface area contributed by atoms with E-state index in [1.807, 2.05) is 6.07 Å². The van der Waals surface area contributed by atoms with Crippen LogP contribution in [0.15, 0.2) is 47.5 Å². The van der Waals surface area contributed by atoms with Crippen molar-refractivity contribution in [1.29, 1.82) is 0 Å². The fourth-order valence-corrected chi connectivity index (χ4v) is 3.37. The van der Waals surface area contributed by atoms with Crippen LogP contribution in [-0.2, 0) is 13.0 Å². The van der Waals surface area contributed by atoms with Crippen LogP contribution in [0.5, 0.6) is 11.5 Å². The van der Waals surface area contributed by atoms with Crippen molar-refractivity contribution >= 4 is 35.6 Å². The molecule has 0 radical (unpaired) electrons. The molecule has 0 spiro atoms. The van der Waals surface area contributed by atoms with Gasteiger partial charge in [0.25, 0.3) is 0 Å². The summed E-state index contributed by atoms with van der Waals surface area (Å²) in [4.78, 5) is 6.51. The third kappa shape index (κ3) is 6.48. The summed E-state index contributed by atoms with van der Waals surface area (Å²) >= 11 is 0. The maximum absolute atomic E-state index is 10.3. The Morgan fingerprint density at radius 1 is 1.17 bits per heavy atom. The Hall–Kier alpha value is -2.04. The number of nitrogens with zero attached hydrogens (tertiary/aromatic N) is 2. The lowest BCUT2D eigenvalue weighted by molar-refractivity contribution is 0.112. The van der Waals surface area contributed by atoms with Gasteiger partial charge in [-0.2, -0.15) is 0 Å². The van der Waals surface area contributed by atoms with Crippen LogP contribution in [-0.4, -0.2) is 55.9 Å². The third-order valence-corrected chi connectivity index (χ3v) is 4.81. The lowest BCUT2D eigenvalue weighted by atomic mass is 10.00. The Morgan fingerprint density at radius 3 is 2.62 bits per heavy atom. The summed E-state index contributed by atoms with van der Waals surface area (Å²) in [6.45, 7) is 2.61. The number of β-amino-alcohol motifs (C(OH)–C–C–N with tert-alkyl or cyclic N) is 1. The van der Waals surface area contributed by atoms with Crippen molar-refractivity contribution in [1.82, 2.24) is 4.90 Å². The van der Waals surface area contributed by atoms with E-state index in [1.165, 1.54) is 11.1 Å². The summed E-state index contributed by atoms with van der Waals surface area (Å²) in [5.74, 6) is 1.49. The number of aliphatic imine (C=N–C) groups is 1. The average molecular weight is 512 g/mol. The van der Waals surface area contributed by atoms with Crippen LogP contribution in [0.4, 0.5) is 5.69 Å². The number of nitrogens with one attached hydrogen (secondary N) is 1. The van der Waals surface area contributed by atoms with E-state index in [1.54, 1.807) is 26.4 Å². The minimum Gasteiger partial charge on any atom is -0.493 e. The first-order valence-electron chi connectivity index (χ1n) is 9.35. The number of aliphatic hydroxyl groups excluding tert-OH is 1.